The first-order chi connectivity index (χ1) is 5.97. The van der Waals surface area contributed by atoms with Crippen molar-refractivity contribution in [3.63, 3.8) is 0 Å². The summed E-state index contributed by atoms with van der Waals surface area (Å²) in [6, 6.07) is 5.54. The van der Waals surface area contributed by atoms with Crippen LogP contribution in [0.5, 0.6) is 0 Å². The van der Waals surface area contributed by atoms with Gasteiger partial charge < -0.3 is 10.8 Å². The zero-order valence-electron chi connectivity index (χ0n) is 7.84. The van der Waals surface area contributed by atoms with E-state index in [-0.39, 0.29) is 6.54 Å². The van der Waals surface area contributed by atoms with Crippen molar-refractivity contribution in [2.45, 2.75) is 19.4 Å². The van der Waals surface area contributed by atoms with Crippen LogP contribution in [0.1, 0.15) is 18.1 Å². The van der Waals surface area contributed by atoms with Gasteiger partial charge in [-0.25, -0.2) is 0 Å². The number of hydrogen-bond acceptors (Lipinski definition) is 2. The van der Waals surface area contributed by atoms with Crippen LogP contribution in [0.2, 0.25) is 5.02 Å². The zero-order chi connectivity index (χ0) is 10.1. The van der Waals surface area contributed by atoms with Gasteiger partial charge in [-0.15, -0.1) is 0 Å². The topological polar surface area (TPSA) is 46.2 Å². The molecule has 0 spiro atoms. The predicted octanol–water partition coefficient (Wildman–Crippen LogP) is 1.81. The smallest absolute Gasteiger partial charge is 0.100 e. The highest BCUT2D eigenvalue weighted by Crippen LogP contribution is 2.27. The summed E-state index contributed by atoms with van der Waals surface area (Å²) >= 11 is 5.98. The number of halogens is 1. The van der Waals surface area contributed by atoms with E-state index in [0.717, 1.165) is 5.56 Å². The minimum absolute atomic E-state index is 0.162. The summed E-state index contributed by atoms with van der Waals surface area (Å²) in [7, 11) is 0. The van der Waals surface area contributed by atoms with E-state index in [1.54, 1.807) is 6.92 Å². The first-order valence-electron chi connectivity index (χ1n) is 4.16. The van der Waals surface area contributed by atoms with Gasteiger partial charge in [0, 0.05) is 17.1 Å². The van der Waals surface area contributed by atoms with E-state index < -0.39 is 5.60 Å². The van der Waals surface area contributed by atoms with Crippen molar-refractivity contribution < 1.29 is 5.11 Å². The van der Waals surface area contributed by atoms with Crippen LogP contribution in [-0.2, 0) is 5.60 Å². The van der Waals surface area contributed by atoms with Crippen molar-refractivity contribution in [2.75, 3.05) is 6.54 Å². The summed E-state index contributed by atoms with van der Waals surface area (Å²) in [6.07, 6.45) is 0. The summed E-state index contributed by atoms with van der Waals surface area (Å²) in [6.45, 7) is 3.77. The molecule has 1 aromatic carbocycles. The molecule has 1 rings (SSSR count). The molecule has 0 heterocycles. The number of nitrogens with two attached hydrogens (primary N) is 1. The third-order valence-electron chi connectivity index (χ3n) is 2.10. The summed E-state index contributed by atoms with van der Waals surface area (Å²) < 4.78 is 0. The highest BCUT2D eigenvalue weighted by molar-refractivity contribution is 6.31. The fourth-order valence-electron chi connectivity index (χ4n) is 1.17. The van der Waals surface area contributed by atoms with Crippen LogP contribution in [0.25, 0.3) is 0 Å². The largest absolute Gasteiger partial charge is 0.384 e. The van der Waals surface area contributed by atoms with E-state index in [1.807, 2.05) is 25.1 Å². The monoisotopic (exact) mass is 199 g/mol. The number of aryl methyl sites for hydroxylation is 1. The van der Waals surface area contributed by atoms with E-state index in [1.165, 1.54) is 0 Å². The number of benzene rings is 1. The van der Waals surface area contributed by atoms with Crippen molar-refractivity contribution in [3.05, 3.63) is 34.3 Å². The number of aliphatic hydroxyl groups is 1. The highest BCUT2D eigenvalue weighted by Gasteiger charge is 2.23. The van der Waals surface area contributed by atoms with Crippen molar-refractivity contribution in [1.29, 1.82) is 0 Å². The summed E-state index contributed by atoms with van der Waals surface area (Å²) in [5.41, 5.74) is 6.15. The minimum Gasteiger partial charge on any atom is -0.384 e. The second-order valence-corrected chi connectivity index (χ2v) is 3.87. The lowest BCUT2D eigenvalue weighted by Crippen LogP contribution is -2.31. The van der Waals surface area contributed by atoms with Crippen molar-refractivity contribution in [1.82, 2.24) is 0 Å². The van der Waals surface area contributed by atoms with Gasteiger partial charge in [0.1, 0.15) is 5.60 Å². The molecule has 0 bridgehead atoms. The summed E-state index contributed by atoms with van der Waals surface area (Å²) in [5.74, 6) is 0. The molecule has 0 aliphatic rings. The maximum atomic E-state index is 9.86. The van der Waals surface area contributed by atoms with Crippen molar-refractivity contribution in [3.8, 4) is 0 Å². The van der Waals surface area contributed by atoms with Crippen LogP contribution in [0.4, 0.5) is 0 Å². The highest BCUT2D eigenvalue weighted by atomic mass is 35.5. The van der Waals surface area contributed by atoms with Crippen molar-refractivity contribution >= 4 is 11.6 Å². The molecule has 1 atom stereocenters. The molecule has 0 amide bonds. The first-order valence-corrected chi connectivity index (χ1v) is 4.54. The molecule has 0 fully saturated rings. The summed E-state index contributed by atoms with van der Waals surface area (Å²) in [5, 5.41) is 10.4. The molecule has 3 N–H and O–H groups in total. The molecule has 72 valence electrons. The fourth-order valence-corrected chi connectivity index (χ4v) is 1.61. The Hall–Kier alpha value is -0.570. The van der Waals surface area contributed by atoms with Gasteiger partial charge in [0.2, 0.25) is 0 Å². The standard InChI is InChI=1S/C10H14ClNO/c1-7-3-4-8(9(11)5-7)10(2,13)6-12/h3-5,13H,6,12H2,1-2H3. The maximum Gasteiger partial charge on any atom is 0.100 e. The van der Waals surface area contributed by atoms with Gasteiger partial charge in [-0.1, -0.05) is 23.7 Å². The Morgan fingerprint density at radius 3 is 2.62 bits per heavy atom. The normalized spacial score (nSPS) is 15.5. The molecule has 1 aromatic rings. The van der Waals surface area contributed by atoms with Crippen LogP contribution < -0.4 is 5.73 Å². The van der Waals surface area contributed by atoms with E-state index in [2.05, 4.69) is 0 Å². The third kappa shape index (κ3) is 2.21. The Balaban J connectivity index is 3.16. The Morgan fingerprint density at radius 1 is 1.54 bits per heavy atom. The lowest BCUT2D eigenvalue weighted by Gasteiger charge is -2.22. The van der Waals surface area contributed by atoms with Crippen LogP contribution >= 0.6 is 11.6 Å². The quantitative estimate of drug-likeness (QED) is 0.763. The molecule has 0 aliphatic heterocycles. The number of rotatable bonds is 2. The molecule has 13 heavy (non-hydrogen) atoms. The second kappa shape index (κ2) is 3.66. The fraction of sp³-hybridized carbons (Fsp3) is 0.400. The third-order valence-corrected chi connectivity index (χ3v) is 2.42. The Labute approximate surface area is 83.3 Å². The molecule has 2 nitrogen and oxygen atoms in total. The van der Waals surface area contributed by atoms with E-state index in [4.69, 9.17) is 17.3 Å². The Morgan fingerprint density at radius 2 is 2.15 bits per heavy atom. The molecule has 0 aromatic heterocycles. The Kier molecular flexibility index (Phi) is 2.96. The van der Waals surface area contributed by atoms with Crippen LogP contribution in [0.3, 0.4) is 0 Å². The van der Waals surface area contributed by atoms with E-state index in [0.29, 0.717) is 10.6 Å². The zero-order valence-corrected chi connectivity index (χ0v) is 8.60. The van der Waals surface area contributed by atoms with Gasteiger partial charge in [0.25, 0.3) is 0 Å². The van der Waals surface area contributed by atoms with Gasteiger partial charge in [-0.3, -0.25) is 0 Å². The lowest BCUT2D eigenvalue weighted by molar-refractivity contribution is 0.0669. The average Bonchev–Trinajstić information content (AvgIpc) is 2.03. The Bertz CT molecular complexity index is 310. The van der Waals surface area contributed by atoms with Gasteiger partial charge >= 0.3 is 0 Å². The van der Waals surface area contributed by atoms with Crippen molar-refractivity contribution in [2.24, 2.45) is 5.73 Å². The van der Waals surface area contributed by atoms with Gasteiger partial charge in [0.15, 0.2) is 0 Å². The number of hydrogen-bond donors (Lipinski definition) is 2. The SMILES string of the molecule is Cc1ccc(C(C)(O)CN)c(Cl)c1. The molecule has 0 saturated carbocycles. The molecule has 0 saturated heterocycles. The van der Waals surface area contributed by atoms with E-state index in [9.17, 15) is 5.11 Å². The lowest BCUT2D eigenvalue weighted by atomic mass is 9.95. The summed E-state index contributed by atoms with van der Waals surface area (Å²) in [4.78, 5) is 0. The second-order valence-electron chi connectivity index (χ2n) is 3.46. The van der Waals surface area contributed by atoms with Gasteiger partial charge in [0.05, 0.1) is 0 Å². The first kappa shape index (κ1) is 10.5. The molecular formula is C10H14ClNO. The van der Waals surface area contributed by atoms with Crippen LogP contribution in [0, 0.1) is 6.92 Å². The average molecular weight is 200 g/mol. The van der Waals surface area contributed by atoms with E-state index >= 15 is 0 Å². The van der Waals surface area contributed by atoms with Gasteiger partial charge in [-0.2, -0.15) is 0 Å². The molecule has 0 radical (unpaired) electrons. The predicted molar refractivity (Wildman–Crippen MR) is 54.8 cm³/mol. The molecular weight excluding hydrogens is 186 g/mol. The maximum absolute atomic E-state index is 9.86. The minimum atomic E-state index is -1.04. The molecule has 3 heteroatoms. The van der Waals surface area contributed by atoms with Gasteiger partial charge in [-0.05, 0) is 25.5 Å². The van der Waals surface area contributed by atoms with Crippen LogP contribution in [-0.4, -0.2) is 11.7 Å². The van der Waals surface area contributed by atoms with Crippen LogP contribution in [0.15, 0.2) is 18.2 Å². The molecule has 0 aliphatic carbocycles. The molecule has 1 unspecified atom stereocenters.